The first kappa shape index (κ1) is 14.1. The van der Waals surface area contributed by atoms with Crippen LogP contribution in [0.25, 0.3) is 11.1 Å². The third kappa shape index (κ3) is 2.39. The lowest BCUT2D eigenvalue weighted by molar-refractivity contribution is 0.167. The number of halogens is 1. The maximum Gasteiger partial charge on any atom is 0.435 e. The normalized spacial score (nSPS) is 14.1. The number of benzene rings is 2. The predicted molar refractivity (Wildman–Crippen MR) is 83.3 cm³/mol. The standard InChI is InChI=1S/C16H14FN3O2/c1-10-2-4-11(5-3-10)12-6-7-13(15(18)14(12)17)20-16(21)22-9-8-19-20/h2-8H,9,18H2,1H3. The molecule has 2 N–H and O–H groups in total. The third-order valence-electron chi connectivity index (χ3n) is 3.40. The van der Waals surface area contributed by atoms with Crippen LogP contribution in [0.4, 0.5) is 20.6 Å². The minimum Gasteiger partial charge on any atom is -0.442 e. The summed E-state index contributed by atoms with van der Waals surface area (Å²) in [6, 6.07) is 10.6. The number of anilines is 2. The van der Waals surface area contributed by atoms with Crippen LogP contribution in [0.15, 0.2) is 41.5 Å². The van der Waals surface area contributed by atoms with Gasteiger partial charge in [-0.25, -0.2) is 9.18 Å². The van der Waals surface area contributed by atoms with Gasteiger partial charge in [0.15, 0.2) is 5.82 Å². The summed E-state index contributed by atoms with van der Waals surface area (Å²) < 4.78 is 19.4. The van der Waals surface area contributed by atoms with Gasteiger partial charge in [0, 0.05) is 5.56 Å². The van der Waals surface area contributed by atoms with Crippen LogP contribution in [-0.2, 0) is 4.74 Å². The summed E-state index contributed by atoms with van der Waals surface area (Å²) in [6.45, 7) is 2.05. The molecule has 0 fully saturated rings. The number of rotatable bonds is 2. The Balaban J connectivity index is 2.05. The van der Waals surface area contributed by atoms with Gasteiger partial charge in [-0.15, -0.1) is 0 Å². The molecule has 0 saturated heterocycles. The topological polar surface area (TPSA) is 67.9 Å². The second-order valence-corrected chi connectivity index (χ2v) is 4.91. The van der Waals surface area contributed by atoms with Crippen LogP contribution in [0.5, 0.6) is 0 Å². The number of nitrogen functional groups attached to an aromatic ring is 1. The van der Waals surface area contributed by atoms with Gasteiger partial charge in [-0.3, -0.25) is 0 Å². The van der Waals surface area contributed by atoms with E-state index in [1.807, 2.05) is 31.2 Å². The first-order valence-electron chi connectivity index (χ1n) is 6.72. The summed E-state index contributed by atoms with van der Waals surface area (Å²) in [7, 11) is 0. The van der Waals surface area contributed by atoms with Crippen LogP contribution in [-0.4, -0.2) is 18.9 Å². The Bertz CT molecular complexity index is 757. The molecule has 0 spiro atoms. The molecule has 1 aliphatic rings. The summed E-state index contributed by atoms with van der Waals surface area (Å²) in [6.07, 6.45) is 0.726. The van der Waals surface area contributed by atoms with Gasteiger partial charge in [-0.2, -0.15) is 10.1 Å². The molecule has 0 aliphatic carbocycles. The van der Waals surface area contributed by atoms with Crippen molar-refractivity contribution in [1.82, 2.24) is 0 Å². The predicted octanol–water partition coefficient (Wildman–Crippen LogP) is 3.33. The van der Waals surface area contributed by atoms with E-state index in [1.54, 1.807) is 12.1 Å². The second-order valence-electron chi connectivity index (χ2n) is 4.91. The van der Waals surface area contributed by atoms with Crippen molar-refractivity contribution in [2.24, 2.45) is 5.10 Å². The van der Waals surface area contributed by atoms with E-state index in [-0.39, 0.29) is 18.0 Å². The highest BCUT2D eigenvalue weighted by Gasteiger charge is 2.24. The zero-order valence-corrected chi connectivity index (χ0v) is 11.9. The van der Waals surface area contributed by atoms with Crippen molar-refractivity contribution >= 4 is 23.7 Å². The fraction of sp³-hybridized carbons (Fsp3) is 0.125. The van der Waals surface area contributed by atoms with Crippen molar-refractivity contribution < 1.29 is 13.9 Å². The van der Waals surface area contributed by atoms with Crippen molar-refractivity contribution in [3.63, 3.8) is 0 Å². The molecule has 1 amide bonds. The van der Waals surface area contributed by atoms with Crippen LogP contribution in [0.1, 0.15) is 5.56 Å². The first-order valence-corrected chi connectivity index (χ1v) is 6.72. The lowest BCUT2D eigenvalue weighted by Crippen LogP contribution is -2.31. The van der Waals surface area contributed by atoms with Crippen LogP contribution >= 0.6 is 0 Å². The van der Waals surface area contributed by atoms with E-state index in [9.17, 15) is 9.18 Å². The largest absolute Gasteiger partial charge is 0.442 e. The highest BCUT2D eigenvalue weighted by molar-refractivity contribution is 5.95. The summed E-state index contributed by atoms with van der Waals surface area (Å²) in [5, 5.41) is 4.83. The highest BCUT2D eigenvalue weighted by Crippen LogP contribution is 2.34. The van der Waals surface area contributed by atoms with E-state index >= 15 is 0 Å². The molecular weight excluding hydrogens is 285 g/mol. The van der Waals surface area contributed by atoms with Crippen LogP contribution < -0.4 is 10.7 Å². The highest BCUT2D eigenvalue weighted by atomic mass is 19.1. The molecule has 1 aliphatic heterocycles. The molecule has 3 rings (SSSR count). The van der Waals surface area contributed by atoms with E-state index in [4.69, 9.17) is 10.5 Å². The number of nitrogens with two attached hydrogens (primary N) is 1. The summed E-state index contributed by atoms with van der Waals surface area (Å²) >= 11 is 0. The van der Waals surface area contributed by atoms with Gasteiger partial charge in [0.05, 0.1) is 17.6 Å². The van der Waals surface area contributed by atoms with Crippen LogP contribution in [0.3, 0.4) is 0 Å². The van der Waals surface area contributed by atoms with Gasteiger partial charge in [0.25, 0.3) is 0 Å². The van der Waals surface area contributed by atoms with Crippen molar-refractivity contribution in [3.8, 4) is 11.1 Å². The molecule has 0 aromatic heterocycles. The van der Waals surface area contributed by atoms with Gasteiger partial charge in [-0.05, 0) is 24.6 Å². The van der Waals surface area contributed by atoms with Crippen LogP contribution in [0.2, 0.25) is 0 Å². The maximum absolute atomic E-state index is 14.6. The van der Waals surface area contributed by atoms with Gasteiger partial charge >= 0.3 is 6.09 Å². The molecule has 0 bridgehead atoms. The maximum atomic E-state index is 14.6. The summed E-state index contributed by atoms with van der Waals surface area (Å²) in [4.78, 5) is 11.7. The summed E-state index contributed by atoms with van der Waals surface area (Å²) in [5.74, 6) is -0.588. The minimum absolute atomic E-state index is 0.0964. The molecular formula is C16H14FN3O2. The molecule has 2 aromatic rings. The molecule has 1 heterocycles. The van der Waals surface area contributed by atoms with Gasteiger partial charge in [0.2, 0.25) is 0 Å². The number of carbonyl (C=O) groups is 1. The van der Waals surface area contributed by atoms with Crippen molar-refractivity contribution in [1.29, 1.82) is 0 Å². The van der Waals surface area contributed by atoms with E-state index in [2.05, 4.69) is 5.10 Å². The summed E-state index contributed by atoms with van der Waals surface area (Å²) in [5.41, 5.74) is 8.03. The molecule has 22 heavy (non-hydrogen) atoms. The zero-order chi connectivity index (χ0) is 15.7. The van der Waals surface area contributed by atoms with Crippen LogP contribution in [0, 0.1) is 12.7 Å². The molecule has 0 unspecified atom stereocenters. The Hall–Kier alpha value is -2.89. The Morgan fingerprint density at radius 1 is 1.23 bits per heavy atom. The average Bonchev–Trinajstić information content (AvgIpc) is 2.52. The fourth-order valence-electron chi connectivity index (χ4n) is 2.22. The van der Waals surface area contributed by atoms with Gasteiger partial charge in [0.1, 0.15) is 6.61 Å². The average molecular weight is 299 g/mol. The van der Waals surface area contributed by atoms with Crippen molar-refractivity contribution in [2.45, 2.75) is 6.92 Å². The number of ether oxygens (including phenoxy) is 1. The lowest BCUT2D eigenvalue weighted by atomic mass is 10.0. The number of aryl methyl sites for hydroxylation is 1. The molecule has 0 atom stereocenters. The Kier molecular flexibility index (Phi) is 3.50. The number of hydrogen-bond donors (Lipinski definition) is 1. The molecule has 0 radical (unpaired) electrons. The van der Waals surface area contributed by atoms with E-state index in [0.717, 1.165) is 10.6 Å². The number of hydrazone groups is 1. The zero-order valence-electron chi connectivity index (χ0n) is 11.9. The number of cyclic esters (lactones) is 1. The molecule has 0 saturated carbocycles. The number of amides is 1. The minimum atomic E-state index is -0.684. The van der Waals surface area contributed by atoms with Gasteiger partial charge in [-0.1, -0.05) is 29.8 Å². The van der Waals surface area contributed by atoms with E-state index in [0.29, 0.717) is 11.1 Å². The van der Waals surface area contributed by atoms with E-state index in [1.165, 1.54) is 6.21 Å². The smallest absolute Gasteiger partial charge is 0.435 e. The Labute approximate surface area is 126 Å². The molecule has 112 valence electrons. The molecule has 5 nitrogen and oxygen atoms in total. The molecule has 2 aromatic carbocycles. The van der Waals surface area contributed by atoms with Gasteiger partial charge < -0.3 is 10.5 Å². The molecule has 6 heteroatoms. The fourth-order valence-corrected chi connectivity index (χ4v) is 2.22. The number of carbonyl (C=O) groups excluding carboxylic acids is 1. The van der Waals surface area contributed by atoms with Crippen molar-refractivity contribution in [3.05, 3.63) is 47.8 Å². The lowest BCUT2D eigenvalue weighted by Gasteiger charge is -2.21. The first-order chi connectivity index (χ1) is 10.6. The van der Waals surface area contributed by atoms with E-state index < -0.39 is 11.9 Å². The monoisotopic (exact) mass is 299 g/mol. The quantitative estimate of drug-likeness (QED) is 0.865. The SMILES string of the molecule is Cc1ccc(-c2ccc(N3N=CCOC3=O)c(N)c2F)cc1. The Morgan fingerprint density at radius 3 is 2.64 bits per heavy atom. The Morgan fingerprint density at radius 2 is 1.95 bits per heavy atom. The second kappa shape index (κ2) is 5.48. The number of hydrogen-bond acceptors (Lipinski definition) is 4. The third-order valence-corrected chi connectivity index (χ3v) is 3.40. The van der Waals surface area contributed by atoms with Crippen molar-refractivity contribution in [2.75, 3.05) is 17.3 Å². The number of nitrogens with zero attached hydrogens (tertiary/aromatic N) is 2.